The van der Waals surface area contributed by atoms with Crippen molar-refractivity contribution in [2.24, 2.45) is 10.2 Å². The molecule has 0 saturated carbocycles. The summed E-state index contributed by atoms with van der Waals surface area (Å²) in [4.78, 5) is 5.05. The lowest BCUT2D eigenvalue weighted by Crippen LogP contribution is -2.41. The first-order valence-electron chi connectivity index (χ1n) is 3.43. The van der Waals surface area contributed by atoms with E-state index in [0.29, 0.717) is 12.7 Å². The van der Waals surface area contributed by atoms with Crippen molar-refractivity contribution in [1.29, 1.82) is 0 Å². The Kier molecular flexibility index (Phi) is 2.34. The van der Waals surface area contributed by atoms with E-state index in [9.17, 15) is 0 Å². The van der Waals surface area contributed by atoms with Crippen LogP contribution in [-0.4, -0.2) is 30.9 Å². The smallest absolute Gasteiger partial charge is 0.136 e. The van der Waals surface area contributed by atoms with Gasteiger partial charge < -0.3 is 4.84 Å². The third-order valence-electron chi connectivity index (χ3n) is 1.85. The second kappa shape index (κ2) is 3.07. The molecule has 0 saturated heterocycles. The molecule has 1 heterocycles. The molecule has 1 rings (SSSR count). The zero-order valence-electron chi connectivity index (χ0n) is 6.61. The molecule has 1 aliphatic heterocycles. The van der Waals surface area contributed by atoms with E-state index >= 15 is 0 Å². The third kappa shape index (κ3) is 1.33. The molecule has 4 heteroatoms. The van der Waals surface area contributed by atoms with Crippen LogP contribution in [0.15, 0.2) is 10.2 Å². The highest BCUT2D eigenvalue weighted by Gasteiger charge is 2.22. The number of hydrogen-bond donors (Lipinski definition) is 0. The van der Waals surface area contributed by atoms with Crippen LogP contribution < -0.4 is 0 Å². The third-order valence-corrected chi connectivity index (χ3v) is 1.85. The maximum Gasteiger partial charge on any atom is 0.136 e. The molecule has 0 aromatic heterocycles. The Morgan fingerprint density at radius 1 is 1.50 bits per heavy atom. The topological polar surface area (TPSA) is 37.2 Å². The Bertz CT molecular complexity index is 137. The average molecular weight is 143 g/mol. The van der Waals surface area contributed by atoms with Crippen LogP contribution in [0.4, 0.5) is 0 Å². The lowest BCUT2D eigenvalue weighted by molar-refractivity contribution is -0.167. The average Bonchev–Trinajstić information content (AvgIpc) is 1.95. The fraction of sp³-hybridized carbons (Fsp3) is 1.00. The van der Waals surface area contributed by atoms with Gasteiger partial charge in [0.1, 0.15) is 6.67 Å². The van der Waals surface area contributed by atoms with Crippen LogP contribution in [0, 0.1) is 0 Å². The van der Waals surface area contributed by atoms with E-state index < -0.39 is 0 Å². The number of hydrogen-bond acceptors (Lipinski definition) is 4. The molecule has 0 bridgehead atoms. The minimum atomic E-state index is 0.244. The summed E-state index contributed by atoms with van der Waals surface area (Å²) in [6, 6.07) is 0.580. The van der Waals surface area contributed by atoms with Crippen molar-refractivity contribution in [2.75, 3.05) is 13.8 Å². The molecule has 0 amide bonds. The van der Waals surface area contributed by atoms with Crippen LogP contribution >= 0.6 is 0 Å². The Morgan fingerprint density at radius 2 is 2.20 bits per heavy atom. The largest absolute Gasteiger partial charge is 0.300 e. The van der Waals surface area contributed by atoms with Gasteiger partial charge in [-0.2, -0.15) is 15.3 Å². The van der Waals surface area contributed by atoms with Gasteiger partial charge in [0, 0.05) is 0 Å². The quantitative estimate of drug-likeness (QED) is 0.550. The van der Waals surface area contributed by atoms with Crippen molar-refractivity contribution >= 4 is 0 Å². The molecule has 1 aliphatic rings. The van der Waals surface area contributed by atoms with Crippen molar-refractivity contribution in [3.05, 3.63) is 0 Å². The molecule has 0 radical (unpaired) electrons. The number of azo groups is 1. The summed E-state index contributed by atoms with van der Waals surface area (Å²) in [7, 11) is 1.66. The highest BCUT2D eigenvalue weighted by atomic mass is 16.7. The second-order valence-electron chi connectivity index (χ2n) is 2.48. The predicted octanol–water partition coefficient (Wildman–Crippen LogP) is 1.05. The van der Waals surface area contributed by atoms with Crippen LogP contribution in [0.25, 0.3) is 0 Å². The molecule has 4 nitrogen and oxygen atoms in total. The van der Waals surface area contributed by atoms with E-state index in [1.165, 1.54) is 0 Å². The predicted molar refractivity (Wildman–Crippen MR) is 37.5 cm³/mol. The van der Waals surface area contributed by atoms with Crippen LogP contribution in [0.5, 0.6) is 0 Å². The van der Waals surface area contributed by atoms with Crippen LogP contribution in [0.2, 0.25) is 0 Å². The second-order valence-corrected chi connectivity index (χ2v) is 2.48. The first-order chi connectivity index (χ1) is 4.75. The van der Waals surface area contributed by atoms with Gasteiger partial charge in [-0.3, -0.25) is 0 Å². The van der Waals surface area contributed by atoms with Gasteiger partial charge >= 0.3 is 0 Å². The zero-order valence-corrected chi connectivity index (χ0v) is 6.61. The van der Waals surface area contributed by atoms with Crippen molar-refractivity contribution < 1.29 is 4.84 Å². The summed E-state index contributed by atoms with van der Waals surface area (Å²) in [6.07, 6.45) is 0. The van der Waals surface area contributed by atoms with Gasteiger partial charge in [-0.1, -0.05) is 0 Å². The summed E-state index contributed by atoms with van der Waals surface area (Å²) in [5.74, 6) is 0. The zero-order chi connectivity index (χ0) is 7.56. The molecule has 0 fully saturated rings. The van der Waals surface area contributed by atoms with Gasteiger partial charge in [0.2, 0.25) is 0 Å². The Hall–Kier alpha value is -0.480. The first kappa shape index (κ1) is 7.63. The maximum atomic E-state index is 5.05. The van der Waals surface area contributed by atoms with Crippen molar-refractivity contribution in [1.82, 2.24) is 5.06 Å². The summed E-state index contributed by atoms with van der Waals surface area (Å²) < 4.78 is 0. The van der Waals surface area contributed by atoms with Crippen LogP contribution in [-0.2, 0) is 4.84 Å². The molecular weight excluding hydrogens is 130 g/mol. The van der Waals surface area contributed by atoms with Gasteiger partial charge in [0.25, 0.3) is 0 Å². The van der Waals surface area contributed by atoms with Crippen molar-refractivity contribution in [2.45, 2.75) is 25.9 Å². The molecule has 0 N–H and O–H groups in total. The van der Waals surface area contributed by atoms with Gasteiger partial charge in [-0.05, 0) is 13.8 Å². The fourth-order valence-electron chi connectivity index (χ4n) is 0.918. The van der Waals surface area contributed by atoms with Crippen LogP contribution in [0.3, 0.4) is 0 Å². The summed E-state index contributed by atoms with van der Waals surface area (Å²) >= 11 is 0. The fourth-order valence-corrected chi connectivity index (χ4v) is 0.918. The maximum absolute atomic E-state index is 5.05. The standard InChI is InChI=1S/C6H13N3O/c1-5-6(2)9(10-3)4-7-8-5/h5-6H,4H2,1-3H3. The van der Waals surface area contributed by atoms with E-state index in [2.05, 4.69) is 17.2 Å². The van der Waals surface area contributed by atoms with Gasteiger partial charge in [-0.15, -0.1) is 0 Å². The molecule has 10 heavy (non-hydrogen) atoms. The molecular formula is C6H13N3O. The summed E-state index contributed by atoms with van der Waals surface area (Å²) in [6.45, 7) is 4.66. The minimum Gasteiger partial charge on any atom is -0.300 e. The first-order valence-corrected chi connectivity index (χ1v) is 3.43. The summed E-state index contributed by atoms with van der Waals surface area (Å²) in [5.41, 5.74) is 0. The number of hydroxylamine groups is 2. The highest BCUT2D eigenvalue weighted by Crippen LogP contribution is 2.12. The van der Waals surface area contributed by atoms with Crippen molar-refractivity contribution in [3.8, 4) is 0 Å². The van der Waals surface area contributed by atoms with Gasteiger partial charge in [0.15, 0.2) is 0 Å². The summed E-state index contributed by atoms with van der Waals surface area (Å²) in [5, 5.41) is 9.72. The van der Waals surface area contributed by atoms with Crippen LogP contribution in [0.1, 0.15) is 13.8 Å². The molecule has 0 aliphatic carbocycles. The molecule has 2 unspecified atom stereocenters. The Morgan fingerprint density at radius 3 is 2.70 bits per heavy atom. The van der Waals surface area contributed by atoms with E-state index in [-0.39, 0.29) is 6.04 Å². The Balaban J connectivity index is 2.56. The number of rotatable bonds is 1. The van der Waals surface area contributed by atoms with Gasteiger partial charge in [0.05, 0.1) is 19.2 Å². The highest BCUT2D eigenvalue weighted by molar-refractivity contribution is 4.74. The molecule has 0 aromatic carbocycles. The van der Waals surface area contributed by atoms with E-state index in [0.717, 1.165) is 0 Å². The normalized spacial score (nSPS) is 34.7. The van der Waals surface area contributed by atoms with E-state index in [4.69, 9.17) is 4.84 Å². The molecule has 0 spiro atoms. The number of nitrogens with zero attached hydrogens (tertiary/aromatic N) is 3. The monoisotopic (exact) mass is 143 g/mol. The van der Waals surface area contributed by atoms with E-state index in [1.807, 2.05) is 12.0 Å². The van der Waals surface area contributed by atoms with E-state index in [1.54, 1.807) is 7.11 Å². The minimum absolute atomic E-state index is 0.244. The SMILES string of the molecule is CON1CN=NC(C)C1C. The molecule has 0 aromatic rings. The van der Waals surface area contributed by atoms with Gasteiger partial charge in [-0.25, -0.2) is 0 Å². The lowest BCUT2D eigenvalue weighted by atomic mass is 10.2. The lowest BCUT2D eigenvalue weighted by Gasteiger charge is -2.29. The van der Waals surface area contributed by atoms with Crippen molar-refractivity contribution in [3.63, 3.8) is 0 Å². The molecule has 58 valence electrons. The Labute approximate surface area is 60.8 Å². The molecule has 2 atom stereocenters.